The van der Waals surface area contributed by atoms with Gasteiger partial charge in [-0.15, -0.1) is 0 Å². The summed E-state index contributed by atoms with van der Waals surface area (Å²) < 4.78 is 0. The molecule has 0 aromatic heterocycles. The third kappa shape index (κ3) is 1.88. The van der Waals surface area contributed by atoms with Crippen molar-refractivity contribution in [3.05, 3.63) is 47.8 Å². The molecule has 0 bridgehead atoms. The van der Waals surface area contributed by atoms with E-state index in [2.05, 4.69) is 0 Å². The van der Waals surface area contributed by atoms with Crippen LogP contribution < -0.4 is 0 Å². The molecule has 1 N–H and O–H groups in total. The summed E-state index contributed by atoms with van der Waals surface area (Å²) in [4.78, 5) is 0. The second-order valence-electron chi connectivity index (χ2n) is 2.86. The minimum Gasteiger partial charge on any atom is -0.512 e. The van der Waals surface area contributed by atoms with Gasteiger partial charge in [-0.3, -0.25) is 0 Å². The molecular formula is C11H14O. The van der Waals surface area contributed by atoms with E-state index in [4.69, 9.17) is 0 Å². The summed E-state index contributed by atoms with van der Waals surface area (Å²) in [5.74, 6) is 0.569. The highest BCUT2D eigenvalue weighted by Gasteiger charge is 2.12. The maximum Gasteiger partial charge on any atom is 0.0994 e. The zero-order valence-electron chi connectivity index (χ0n) is 7.49. The largest absolute Gasteiger partial charge is 0.512 e. The lowest BCUT2D eigenvalue weighted by Gasteiger charge is -2.14. The van der Waals surface area contributed by atoms with E-state index in [1.807, 2.05) is 44.2 Å². The summed E-state index contributed by atoms with van der Waals surface area (Å²) in [5, 5.41) is 9.39. The first kappa shape index (κ1) is 8.85. The fourth-order valence-electron chi connectivity index (χ4n) is 1.12. The number of hydrogen-bond donors (Lipinski definition) is 1. The average Bonchev–Trinajstić information content (AvgIpc) is 2.08. The van der Waals surface area contributed by atoms with Crippen molar-refractivity contribution in [3.63, 3.8) is 0 Å². The van der Waals surface area contributed by atoms with Gasteiger partial charge in [-0.25, -0.2) is 0 Å². The molecule has 0 saturated carbocycles. The van der Waals surface area contributed by atoms with Crippen molar-refractivity contribution in [2.75, 3.05) is 0 Å². The van der Waals surface area contributed by atoms with Crippen LogP contribution in [-0.4, -0.2) is 5.11 Å². The SMILES string of the molecule is C/C=C\C=C1\C=CC=C(O)C1C. The molecule has 64 valence electrons. The van der Waals surface area contributed by atoms with E-state index < -0.39 is 0 Å². The highest BCUT2D eigenvalue weighted by Crippen LogP contribution is 2.22. The first-order valence-electron chi connectivity index (χ1n) is 4.16. The number of aliphatic hydroxyl groups excluding tert-OH is 1. The third-order valence-corrected chi connectivity index (χ3v) is 1.98. The van der Waals surface area contributed by atoms with Crippen molar-refractivity contribution < 1.29 is 5.11 Å². The molecule has 1 aliphatic carbocycles. The zero-order valence-corrected chi connectivity index (χ0v) is 7.49. The van der Waals surface area contributed by atoms with Crippen LogP contribution in [-0.2, 0) is 0 Å². The minimum absolute atomic E-state index is 0.131. The molecule has 0 saturated heterocycles. The summed E-state index contributed by atoms with van der Waals surface area (Å²) in [6, 6.07) is 0. The predicted molar refractivity (Wildman–Crippen MR) is 51.9 cm³/mol. The Morgan fingerprint density at radius 1 is 1.50 bits per heavy atom. The molecule has 1 heteroatoms. The van der Waals surface area contributed by atoms with Gasteiger partial charge in [-0.2, -0.15) is 0 Å². The van der Waals surface area contributed by atoms with Gasteiger partial charge in [0.05, 0.1) is 5.76 Å². The number of allylic oxidation sites excluding steroid dienone is 7. The first-order chi connectivity index (χ1) is 5.75. The van der Waals surface area contributed by atoms with Crippen LogP contribution in [0.25, 0.3) is 0 Å². The molecule has 0 aromatic carbocycles. The van der Waals surface area contributed by atoms with Crippen molar-refractivity contribution in [3.8, 4) is 0 Å². The van der Waals surface area contributed by atoms with Gasteiger partial charge in [0.2, 0.25) is 0 Å². The molecule has 0 amide bonds. The molecule has 0 radical (unpaired) electrons. The van der Waals surface area contributed by atoms with E-state index in [0.29, 0.717) is 5.76 Å². The number of rotatable bonds is 1. The van der Waals surface area contributed by atoms with Crippen LogP contribution in [0.5, 0.6) is 0 Å². The number of aliphatic hydroxyl groups is 1. The normalized spacial score (nSPS) is 26.7. The fraction of sp³-hybridized carbons (Fsp3) is 0.273. The van der Waals surface area contributed by atoms with Gasteiger partial charge in [0.1, 0.15) is 0 Å². The van der Waals surface area contributed by atoms with Crippen LogP contribution in [0, 0.1) is 5.92 Å². The van der Waals surface area contributed by atoms with Gasteiger partial charge in [0, 0.05) is 5.92 Å². The monoisotopic (exact) mass is 162 g/mol. The maximum atomic E-state index is 9.39. The Balaban J connectivity index is 2.83. The Labute approximate surface area is 73.4 Å². The smallest absolute Gasteiger partial charge is 0.0994 e. The van der Waals surface area contributed by atoms with Gasteiger partial charge < -0.3 is 5.11 Å². The molecule has 1 aliphatic rings. The summed E-state index contributed by atoms with van der Waals surface area (Å²) in [6.45, 7) is 3.97. The first-order valence-corrected chi connectivity index (χ1v) is 4.16. The van der Waals surface area contributed by atoms with Gasteiger partial charge in [0.25, 0.3) is 0 Å². The van der Waals surface area contributed by atoms with E-state index in [9.17, 15) is 5.11 Å². The van der Waals surface area contributed by atoms with Crippen LogP contribution in [0.1, 0.15) is 13.8 Å². The lowest BCUT2D eigenvalue weighted by molar-refractivity contribution is 0.360. The third-order valence-electron chi connectivity index (χ3n) is 1.98. The predicted octanol–water partition coefficient (Wildman–Crippen LogP) is 3.14. The second kappa shape index (κ2) is 3.96. The lowest BCUT2D eigenvalue weighted by Crippen LogP contribution is -2.03. The van der Waals surface area contributed by atoms with E-state index in [-0.39, 0.29) is 5.92 Å². The molecule has 0 fully saturated rings. The van der Waals surface area contributed by atoms with Crippen molar-refractivity contribution >= 4 is 0 Å². The van der Waals surface area contributed by atoms with Crippen LogP contribution in [0.4, 0.5) is 0 Å². The lowest BCUT2D eigenvalue weighted by atomic mass is 9.94. The highest BCUT2D eigenvalue weighted by atomic mass is 16.3. The summed E-state index contributed by atoms with van der Waals surface area (Å²) in [5.41, 5.74) is 1.15. The topological polar surface area (TPSA) is 20.2 Å². The summed E-state index contributed by atoms with van der Waals surface area (Å²) in [6.07, 6.45) is 11.6. The molecule has 0 aromatic rings. The van der Waals surface area contributed by atoms with Crippen molar-refractivity contribution in [1.82, 2.24) is 0 Å². The molecule has 1 nitrogen and oxygen atoms in total. The standard InChI is InChI=1S/C11H14O/c1-3-4-6-10-7-5-8-11(12)9(10)2/h3-9,12H,1-2H3/b4-3-,10-6-. The van der Waals surface area contributed by atoms with Crippen molar-refractivity contribution in [2.24, 2.45) is 5.92 Å². The summed E-state index contributed by atoms with van der Waals surface area (Å²) >= 11 is 0. The fourth-order valence-corrected chi connectivity index (χ4v) is 1.12. The van der Waals surface area contributed by atoms with E-state index in [0.717, 1.165) is 5.57 Å². The van der Waals surface area contributed by atoms with Gasteiger partial charge in [-0.1, -0.05) is 37.3 Å². The van der Waals surface area contributed by atoms with Crippen LogP contribution in [0.2, 0.25) is 0 Å². The average molecular weight is 162 g/mol. The molecule has 12 heavy (non-hydrogen) atoms. The van der Waals surface area contributed by atoms with Crippen LogP contribution in [0.15, 0.2) is 47.8 Å². The Morgan fingerprint density at radius 3 is 2.92 bits per heavy atom. The van der Waals surface area contributed by atoms with Gasteiger partial charge in [-0.05, 0) is 18.6 Å². The quantitative estimate of drug-likeness (QED) is 0.628. The van der Waals surface area contributed by atoms with E-state index >= 15 is 0 Å². The number of hydrogen-bond acceptors (Lipinski definition) is 1. The molecule has 1 rings (SSSR count). The zero-order chi connectivity index (χ0) is 8.97. The van der Waals surface area contributed by atoms with Crippen molar-refractivity contribution in [1.29, 1.82) is 0 Å². The molecule has 1 atom stereocenters. The Morgan fingerprint density at radius 2 is 2.25 bits per heavy atom. The van der Waals surface area contributed by atoms with Crippen LogP contribution >= 0.6 is 0 Å². The Bertz CT molecular complexity index is 267. The molecule has 1 unspecified atom stereocenters. The van der Waals surface area contributed by atoms with Crippen LogP contribution in [0.3, 0.4) is 0 Å². The summed E-state index contributed by atoms with van der Waals surface area (Å²) in [7, 11) is 0. The minimum atomic E-state index is 0.131. The molecular weight excluding hydrogens is 148 g/mol. The molecule has 0 heterocycles. The Kier molecular flexibility index (Phi) is 2.92. The molecule has 0 aliphatic heterocycles. The Hall–Kier alpha value is -1.24. The van der Waals surface area contributed by atoms with Gasteiger partial charge >= 0.3 is 0 Å². The van der Waals surface area contributed by atoms with Gasteiger partial charge in [0.15, 0.2) is 0 Å². The second-order valence-corrected chi connectivity index (χ2v) is 2.86. The van der Waals surface area contributed by atoms with E-state index in [1.54, 1.807) is 6.08 Å². The highest BCUT2D eigenvalue weighted by molar-refractivity contribution is 5.36. The molecule has 0 spiro atoms. The van der Waals surface area contributed by atoms with Crippen molar-refractivity contribution in [2.45, 2.75) is 13.8 Å². The maximum absolute atomic E-state index is 9.39. The van der Waals surface area contributed by atoms with E-state index in [1.165, 1.54) is 0 Å².